The van der Waals surface area contributed by atoms with Crippen LogP contribution in [0.3, 0.4) is 0 Å². The Balaban J connectivity index is 2.36. The van der Waals surface area contributed by atoms with Crippen molar-refractivity contribution in [3.63, 3.8) is 0 Å². The second kappa shape index (κ2) is 10.2. The summed E-state index contributed by atoms with van der Waals surface area (Å²) in [5, 5.41) is 10.2. The second-order valence-corrected chi connectivity index (χ2v) is 5.00. The Labute approximate surface area is 135 Å². The summed E-state index contributed by atoms with van der Waals surface area (Å²) < 4.78 is 9.67. The van der Waals surface area contributed by atoms with Gasteiger partial charge in [-0.05, 0) is 12.0 Å². The average molecular weight is 321 g/mol. The molecule has 0 fully saturated rings. The lowest BCUT2D eigenvalue weighted by molar-refractivity contribution is 0.148. The van der Waals surface area contributed by atoms with Gasteiger partial charge in [-0.25, -0.2) is 9.59 Å². The zero-order valence-electron chi connectivity index (χ0n) is 13.3. The van der Waals surface area contributed by atoms with E-state index in [1.54, 1.807) is 24.3 Å². The van der Waals surface area contributed by atoms with Crippen molar-refractivity contribution in [3.8, 4) is 0 Å². The highest BCUT2D eigenvalue weighted by molar-refractivity contribution is 6.04. The maximum Gasteiger partial charge on any atom is 0.412 e. The van der Waals surface area contributed by atoms with Gasteiger partial charge in [-0.1, -0.05) is 50.5 Å². The van der Waals surface area contributed by atoms with E-state index in [0.717, 1.165) is 31.2 Å². The van der Waals surface area contributed by atoms with E-state index in [1.807, 2.05) is 0 Å². The van der Waals surface area contributed by atoms with Gasteiger partial charge in [0.25, 0.3) is 0 Å². The Bertz CT molecular complexity index is 529. The third kappa shape index (κ3) is 7.85. The number of amidine groups is 1. The molecule has 7 heteroatoms. The number of hydrogen-bond donors (Lipinski definition) is 3. The molecule has 23 heavy (non-hydrogen) atoms. The molecule has 0 saturated heterocycles. The van der Waals surface area contributed by atoms with E-state index in [4.69, 9.17) is 15.9 Å². The summed E-state index contributed by atoms with van der Waals surface area (Å²) in [6.07, 6.45) is 2.61. The molecule has 7 nitrogen and oxygen atoms in total. The Morgan fingerprint density at radius 1 is 1.13 bits per heavy atom. The predicted molar refractivity (Wildman–Crippen MR) is 86.3 cm³/mol. The van der Waals surface area contributed by atoms with E-state index in [2.05, 4.69) is 17.0 Å². The minimum absolute atomic E-state index is 0.0501. The van der Waals surface area contributed by atoms with E-state index in [-0.39, 0.29) is 12.4 Å². The average Bonchev–Trinajstić information content (AvgIpc) is 2.53. The van der Waals surface area contributed by atoms with Crippen LogP contribution in [0.5, 0.6) is 0 Å². The van der Waals surface area contributed by atoms with Crippen molar-refractivity contribution in [3.05, 3.63) is 35.4 Å². The van der Waals surface area contributed by atoms with Crippen molar-refractivity contribution in [2.45, 2.75) is 39.2 Å². The third-order valence-corrected chi connectivity index (χ3v) is 3.08. The number of amides is 2. The van der Waals surface area contributed by atoms with Crippen molar-refractivity contribution in [2.24, 2.45) is 5.73 Å². The molecule has 4 N–H and O–H groups in total. The van der Waals surface area contributed by atoms with Crippen LogP contribution in [0.25, 0.3) is 0 Å². The number of primary amides is 1. The molecule has 0 heterocycles. The highest BCUT2D eigenvalue weighted by Gasteiger charge is 2.08. The molecule has 2 amide bonds. The Morgan fingerprint density at radius 2 is 1.83 bits per heavy atom. The van der Waals surface area contributed by atoms with Gasteiger partial charge in [-0.3, -0.25) is 10.7 Å². The zero-order valence-corrected chi connectivity index (χ0v) is 13.3. The van der Waals surface area contributed by atoms with Gasteiger partial charge >= 0.3 is 12.2 Å². The summed E-state index contributed by atoms with van der Waals surface area (Å²) >= 11 is 0. The molecule has 1 aromatic rings. The number of nitrogens with two attached hydrogens (primary N) is 1. The van der Waals surface area contributed by atoms with Gasteiger partial charge in [0.2, 0.25) is 0 Å². The minimum atomic E-state index is -0.842. The van der Waals surface area contributed by atoms with Crippen molar-refractivity contribution in [1.29, 1.82) is 5.41 Å². The summed E-state index contributed by atoms with van der Waals surface area (Å²) in [6.45, 7) is 2.53. The number of ether oxygens (including phenoxy) is 2. The zero-order chi connectivity index (χ0) is 17.1. The van der Waals surface area contributed by atoms with Gasteiger partial charge in [-0.2, -0.15) is 0 Å². The van der Waals surface area contributed by atoms with Crippen LogP contribution in [-0.2, 0) is 16.1 Å². The number of carbonyl (C=O) groups is 2. The summed E-state index contributed by atoms with van der Waals surface area (Å²) in [5.74, 6) is -0.0501. The first-order valence-corrected chi connectivity index (χ1v) is 7.56. The molecule has 0 bridgehead atoms. The Morgan fingerprint density at radius 3 is 2.43 bits per heavy atom. The highest BCUT2D eigenvalue weighted by atomic mass is 16.5. The second-order valence-electron chi connectivity index (χ2n) is 5.00. The number of rotatable bonds is 8. The summed E-state index contributed by atoms with van der Waals surface area (Å²) in [5.41, 5.74) is 6.14. The number of nitrogens with one attached hydrogen (secondary N) is 2. The molecule has 1 rings (SSSR count). The van der Waals surface area contributed by atoms with Crippen LogP contribution in [0.4, 0.5) is 9.59 Å². The van der Waals surface area contributed by atoms with Gasteiger partial charge in [0, 0.05) is 5.56 Å². The Hall–Kier alpha value is -2.57. The number of benzene rings is 1. The number of alkyl carbamates (subject to hydrolysis) is 1. The van der Waals surface area contributed by atoms with Crippen LogP contribution in [0.2, 0.25) is 0 Å². The van der Waals surface area contributed by atoms with Crippen LogP contribution in [0.15, 0.2) is 24.3 Å². The lowest BCUT2D eigenvalue weighted by Crippen LogP contribution is -2.31. The number of hydrogen-bond acceptors (Lipinski definition) is 5. The standard InChI is InChI=1S/C16H23N3O4/c1-2-3-4-5-10-22-16(21)19-14(17)13-8-6-12(7-9-13)11-23-15(18)20/h6-9H,2-5,10-11H2,1H3,(H2,18,20)(H2,17,19,21). The molecular weight excluding hydrogens is 298 g/mol. The first-order chi connectivity index (χ1) is 11.0. The van der Waals surface area contributed by atoms with E-state index in [1.165, 1.54) is 0 Å². The fourth-order valence-electron chi connectivity index (χ4n) is 1.83. The van der Waals surface area contributed by atoms with Crippen molar-refractivity contribution < 1.29 is 19.1 Å². The number of carbonyl (C=O) groups excluding carboxylic acids is 2. The lowest BCUT2D eigenvalue weighted by atomic mass is 10.1. The quantitative estimate of drug-likeness (QED) is 0.388. The smallest absolute Gasteiger partial charge is 0.412 e. The van der Waals surface area contributed by atoms with Gasteiger partial charge in [0.05, 0.1) is 6.61 Å². The molecule has 0 aliphatic rings. The Kier molecular flexibility index (Phi) is 8.20. The molecule has 0 radical (unpaired) electrons. The van der Waals surface area contributed by atoms with Crippen molar-refractivity contribution >= 4 is 18.0 Å². The van der Waals surface area contributed by atoms with Gasteiger partial charge in [-0.15, -0.1) is 0 Å². The van der Waals surface area contributed by atoms with Gasteiger partial charge in [0.15, 0.2) is 0 Å². The van der Waals surface area contributed by atoms with Crippen molar-refractivity contribution in [1.82, 2.24) is 5.32 Å². The van der Waals surface area contributed by atoms with E-state index >= 15 is 0 Å². The first-order valence-electron chi connectivity index (χ1n) is 7.56. The third-order valence-electron chi connectivity index (χ3n) is 3.08. The summed E-state index contributed by atoms with van der Waals surface area (Å²) in [6, 6.07) is 6.66. The summed E-state index contributed by atoms with van der Waals surface area (Å²) in [4.78, 5) is 22.1. The van der Waals surface area contributed by atoms with Crippen LogP contribution >= 0.6 is 0 Å². The van der Waals surface area contributed by atoms with Gasteiger partial charge in [0.1, 0.15) is 12.4 Å². The molecule has 0 spiro atoms. The molecule has 0 atom stereocenters. The highest BCUT2D eigenvalue weighted by Crippen LogP contribution is 2.06. The number of unbranched alkanes of at least 4 members (excludes halogenated alkanes) is 3. The molecule has 0 unspecified atom stereocenters. The van der Waals surface area contributed by atoms with Crippen LogP contribution in [0, 0.1) is 5.41 Å². The van der Waals surface area contributed by atoms with Gasteiger partial charge < -0.3 is 15.2 Å². The van der Waals surface area contributed by atoms with E-state index in [9.17, 15) is 9.59 Å². The van der Waals surface area contributed by atoms with E-state index < -0.39 is 12.2 Å². The SMILES string of the molecule is CCCCCCOC(=O)NC(=N)c1ccc(COC(N)=O)cc1. The van der Waals surface area contributed by atoms with Crippen LogP contribution in [-0.4, -0.2) is 24.6 Å². The lowest BCUT2D eigenvalue weighted by Gasteiger charge is -2.09. The summed E-state index contributed by atoms with van der Waals surface area (Å²) in [7, 11) is 0. The fraction of sp³-hybridized carbons (Fsp3) is 0.438. The first kappa shape index (κ1) is 18.5. The fourth-order valence-corrected chi connectivity index (χ4v) is 1.83. The monoisotopic (exact) mass is 321 g/mol. The largest absolute Gasteiger partial charge is 0.449 e. The maximum atomic E-state index is 11.6. The molecule has 0 aromatic heterocycles. The van der Waals surface area contributed by atoms with E-state index in [0.29, 0.717) is 12.2 Å². The topological polar surface area (TPSA) is 114 Å². The molecule has 0 aliphatic heterocycles. The predicted octanol–water partition coefficient (Wildman–Crippen LogP) is 2.91. The molecule has 0 saturated carbocycles. The van der Waals surface area contributed by atoms with Crippen LogP contribution in [0.1, 0.15) is 43.7 Å². The normalized spacial score (nSPS) is 9.96. The maximum absolute atomic E-state index is 11.6. The molecular formula is C16H23N3O4. The minimum Gasteiger partial charge on any atom is -0.449 e. The molecule has 0 aliphatic carbocycles. The van der Waals surface area contributed by atoms with Crippen LogP contribution < -0.4 is 11.1 Å². The van der Waals surface area contributed by atoms with Crippen molar-refractivity contribution in [2.75, 3.05) is 6.61 Å². The molecule has 126 valence electrons. The molecule has 1 aromatic carbocycles.